The van der Waals surface area contributed by atoms with Crippen molar-refractivity contribution in [3.63, 3.8) is 0 Å². The first-order chi connectivity index (χ1) is 9.29. The van der Waals surface area contributed by atoms with Crippen LogP contribution in [0.4, 0.5) is 0 Å². The summed E-state index contributed by atoms with van der Waals surface area (Å²) in [7, 11) is 0. The van der Waals surface area contributed by atoms with E-state index in [2.05, 4.69) is 20.9 Å². The second kappa shape index (κ2) is 8.78. The van der Waals surface area contributed by atoms with Crippen molar-refractivity contribution in [2.75, 3.05) is 19.6 Å². The molecule has 1 amide bonds. The maximum atomic E-state index is 11.6. The van der Waals surface area contributed by atoms with Gasteiger partial charge in [0.05, 0.1) is 0 Å². The van der Waals surface area contributed by atoms with Crippen molar-refractivity contribution in [3.05, 3.63) is 35.4 Å². The monoisotopic (exact) mass is 388 g/mol. The summed E-state index contributed by atoms with van der Waals surface area (Å²) < 4.78 is 0. The van der Waals surface area contributed by atoms with Gasteiger partial charge in [-0.3, -0.25) is 9.79 Å². The van der Waals surface area contributed by atoms with Crippen LogP contribution in [0.1, 0.15) is 29.3 Å². The molecule has 5 nitrogen and oxygen atoms in total. The van der Waals surface area contributed by atoms with Crippen LogP contribution < -0.4 is 16.0 Å². The first kappa shape index (κ1) is 16.7. The highest BCUT2D eigenvalue weighted by molar-refractivity contribution is 14.0. The van der Waals surface area contributed by atoms with Crippen LogP contribution in [0.15, 0.2) is 29.3 Å². The Bertz CT molecular complexity index is 459. The van der Waals surface area contributed by atoms with Gasteiger partial charge in [-0.15, -0.1) is 24.0 Å². The van der Waals surface area contributed by atoms with Crippen LogP contribution in [0, 0.1) is 0 Å². The summed E-state index contributed by atoms with van der Waals surface area (Å²) in [4.78, 5) is 16.0. The lowest BCUT2D eigenvalue weighted by Crippen LogP contribution is -2.40. The van der Waals surface area contributed by atoms with Crippen LogP contribution >= 0.6 is 24.0 Å². The van der Waals surface area contributed by atoms with Gasteiger partial charge in [-0.1, -0.05) is 12.1 Å². The molecule has 110 valence electrons. The number of benzene rings is 1. The van der Waals surface area contributed by atoms with Crippen molar-refractivity contribution < 1.29 is 4.79 Å². The summed E-state index contributed by atoms with van der Waals surface area (Å²) in [6, 6.07) is 7.61. The van der Waals surface area contributed by atoms with Crippen LogP contribution in [-0.4, -0.2) is 31.5 Å². The molecule has 1 aromatic carbocycles. The molecule has 0 spiro atoms. The minimum absolute atomic E-state index is 0. The number of aliphatic imine (C=N–C) groups is 1. The third-order valence-electron chi connectivity index (χ3n) is 2.91. The predicted octanol–water partition coefficient (Wildman–Crippen LogP) is 1.49. The summed E-state index contributed by atoms with van der Waals surface area (Å²) in [6.07, 6.45) is 1.09. The number of guanidine groups is 1. The molecule has 1 aliphatic heterocycles. The van der Waals surface area contributed by atoms with E-state index < -0.39 is 0 Å². The van der Waals surface area contributed by atoms with Crippen molar-refractivity contribution in [1.82, 2.24) is 16.0 Å². The number of hydrogen-bond acceptors (Lipinski definition) is 4. The van der Waals surface area contributed by atoms with E-state index in [0.717, 1.165) is 31.0 Å². The number of amides is 1. The Morgan fingerprint density at radius 1 is 1.35 bits per heavy atom. The van der Waals surface area contributed by atoms with Crippen LogP contribution in [-0.2, 0) is 6.54 Å². The van der Waals surface area contributed by atoms with Gasteiger partial charge in [-0.25, -0.2) is 0 Å². The van der Waals surface area contributed by atoms with Crippen LogP contribution in [0.5, 0.6) is 0 Å². The molecule has 0 radical (unpaired) electrons. The van der Waals surface area contributed by atoms with E-state index >= 15 is 0 Å². The molecule has 2 rings (SSSR count). The number of rotatable bonds is 4. The highest BCUT2D eigenvalue weighted by Crippen LogP contribution is 2.04. The Morgan fingerprint density at radius 3 is 2.70 bits per heavy atom. The zero-order valence-corrected chi connectivity index (χ0v) is 13.9. The van der Waals surface area contributed by atoms with E-state index in [4.69, 9.17) is 0 Å². The molecule has 20 heavy (non-hydrogen) atoms. The van der Waals surface area contributed by atoms with E-state index in [0.29, 0.717) is 18.7 Å². The van der Waals surface area contributed by atoms with Gasteiger partial charge in [-0.05, 0) is 31.0 Å². The fourth-order valence-electron chi connectivity index (χ4n) is 1.87. The van der Waals surface area contributed by atoms with Crippen molar-refractivity contribution >= 4 is 35.8 Å². The molecule has 0 unspecified atom stereocenters. The summed E-state index contributed by atoms with van der Waals surface area (Å²) >= 11 is 0. The molecular weight excluding hydrogens is 367 g/mol. The highest BCUT2D eigenvalue weighted by atomic mass is 127. The minimum Gasteiger partial charge on any atom is -0.356 e. The Kier molecular flexibility index (Phi) is 7.35. The Morgan fingerprint density at radius 2 is 2.10 bits per heavy atom. The lowest BCUT2D eigenvalue weighted by atomic mass is 10.1. The second-order valence-electron chi connectivity index (χ2n) is 4.42. The third-order valence-corrected chi connectivity index (χ3v) is 2.91. The fourth-order valence-corrected chi connectivity index (χ4v) is 1.87. The van der Waals surface area contributed by atoms with Gasteiger partial charge in [-0.2, -0.15) is 0 Å². The average Bonchev–Trinajstić information content (AvgIpc) is 2.47. The Labute approximate surface area is 136 Å². The minimum atomic E-state index is -0.0275. The van der Waals surface area contributed by atoms with Crippen molar-refractivity contribution in [1.29, 1.82) is 0 Å². The first-order valence-corrected chi connectivity index (χ1v) is 6.69. The molecule has 0 saturated carbocycles. The molecule has 0 atom stereocenters. The van der Waals surface area contributed by atoms with Crippen molar-refractivity contribution in [2.45, 2.75) is 19.9 Å². The van der Waals surface area contributed by atoms with E-state index in [1.54, 1.807) is 0 Å². The molecule has 3 N–H and O–H groups in total. The molecule has 1 aliphatic rings. The van der Waals surface area contributed by atoms with Gasteiger partial charge in [0, 0.05) is 31.7 Å². The molecule has 1 aromatic rings. The second-order valence-corrected chi connectivity index (χ2v) is 4.42. The molecule has 1 heterocycles. The zero-order valence-electron chi connectivity index (χ0n) is 11.6. The average molecular weight is 388 g/mol. The molecular formula is C14H21IN4O. The van der Waals surface area contributed by atoms with Crippen LogP contribution in [0.3, 0.4) is 0 Å². The van der Waals surface area contributed by atoms with Gasteiger partial charge >= 0.3 is 0 Å². The molecule has 0 aromatic heterocycles. The van der Waals surface area contributed by atoms with Gasteiger partial charge < -0.3 is 16.0 Å². The normalized spacial score (nSPS) is 13.6. The van der Waals surface area contributed by atoms with Crippen molar-refractivity contribution in [3.8, 4) is 0 Å². The molecule has 0 fully saturated rings. The largest absolute Gasteiger partial charge is 0.356 e. The number of carbonyl (C=O) groups excluding carboxylic acids is 1. The molecule has 6 heteroatoms. The van der Waals surface area contributed by atoms with Gasteiger partial charge in [0.1, 0.15) is 0 Å². The molecule has 0 aliphatic carbocycles. The standard InChI is InChI=1S/C14H20N4O.HI/c1-2-15-13(19)12-6-4-11(5-7-12)10-18-14-16-8-3-9-17-14;/h4-7H,2-3,8-10H2,1H3,(H,15,19)(H2,16,17,18);1H. The maximum Gasteiger partial charge on any atom is 0.251 e. The van der Waals surface area contributed by atoms with Gasteiger partial charge in [0.25, 0.3) is 5.91 Å². The summed E-state index contributed by atoms with van der Waals surface area (Å²) in [5.41, 5.74) is 1.82. The van der Waals surface area contributed by atoms with E-state index in [1.807, 2.05) is 31.2 Å². The Balaban J connectivity index is 0.00000200. The third kappa shape index (κ3) is 4.99. The smallest absolute Gasteiger partial charge is 0.251 e. The molecule has 0 bridgehead atoms. The van der Waals surface area contributed by atoms with Gasteiger partial charge in [0.15, 0.2) is 5.96 Å². The lowest BCUT2D eigenvalue weighted by Gasteiger charge is -2.16. The SMILES string of the molecule is CCNC(=O)c1ccc(CNC2=NCCCN2)cc1.I. The summed E-state index contributed by atoms with van der Waals surface area (Å²) in [5.74, 6) is 0.833. The molecule has 0 saturated heterocycles. The number of halogens is 1. The van der Waals surface area contributed by atoms with Gasteiger partial charge in [0.2, 0.25) is 0 Å². The van der Waals surface area contributed by atoms with E-state index in [-0.39, 0.29) is 29.9 Å². The first-order valence-electron chi connectivity index (χ1n) is 6.69. The number of nitrogens with zero attached hydrogens (tertiary/aromatic N) is 1. The van der Waals surface area contributed by atoms with E-state index in [9.17, 15) is 4.79 Å². The van der Waals surface area contributed by atoms with Crippen LogP contribution in [0.2, 0.25) is 0 Å². The van der Waals surface area contributed by atoms with E-state index in [1.165, 1.54) is 0 Å². The zero-order chi connectivity index (χ0) is 13.5. The number of hydrogen-bond donors (Lipinski definition) is 3. The fraction of sp³-hybridized carbons (Fsp3) is 0.429. The summed E-state index contributed by atoms with van der Waals surface area (Å²) in [5, 5.41) is 9.24. The highest BCUT2D eigenvalue weighted by Gasteiger charge is 2.05. The summed E-state index contributed by atoms with van der Waals surface area (Å²) in [6.45, 7) is 5.12. The number of nitrogens with one attached hydrogen (secondary N) is 3. The maximum absolute atomic E-state index is 11.6. The Hall–Kier alpha value is -1.31. The van der Waals surface area contributed by atoms with Crippen molar-refractivity contribution in [2.24, 2.45) is 4.99 Å². The quantitative estimate of drug-likeness (QED) is 0.685. The predicted molar refractivity (Wildman–Crippen MR) is 91.6 cm³/mol. The van der Waals surface area contributed by atoms with Crippen LogP contribution in [0.25, 0.3) is 0 Å². The lowest BCUT2D eigenvalue weighted by molar-refractivity contribution is 0.0956. The topological polar surface area (TPSA) is 65.5 Å². The number of carbonyl (C=O) groups is 1.